The number of nitrogens with zero attached hydrogens (tertiary/aromatic N) is 2. The third-order valence-electron chi connectivity index (χ3n) is 6.49. The number of aryl methyl sites for hydroxylation is 1. The van der Waals surface area contributed by atoms with E-state index in [1.54, 1.807) is 6.07 Å². The van der Waals surface area contributed by atoms with Crippen LogP contribution in [-0.2, 0) is 6.42 Å². The van der Waals surface area contributed by atoms with Crippen LogP contribution in [0.5, 0.6) is 11.5 Å². The molecule has 2 aromatic carbocycles. The lowest BCUT2D eigenvalue weighted by molar-refractivity contribution is 0.100. The first kappa shape index (κ1) is 20.7. The molecule has 0 radical (unpaired) electrons. The predicted octanol–water partition coefficient (Wildman–Crippen LogP) is 3.18. The average molecular weight is 435 g/mol. The van der Waals surface area contributed by atoms with Gasteiger partial charge in [0.2, 0.25) is 5.91 Å². The molecule has 0 spiro atoms. The SMILES string of the molecule is NC(=O)c1ccc2[nH]cc(CCCCN3CCN(c4ccc5c(c4)OCCO5)CC3)c2c1. The van der Waals surface area contributed by atoms with Crippen molar-refractivity contribution >= 4 is 22.5 Å². The number of anilines is 1. The van der Waals surface area contributed by atoms with Crippen LogP contribution in [-0.4, -0.2) is 61.7 Å². The van der Waals surface area contributed by atoms with Crippen molar-refractivity contribution in [1.29, 1.82) is 0 Å². The van der Waals surface area contributed by atoms with Crippen LogP contribution in [0.25, 0.3) is 10.9 Å². The van der Waals surface area contributed by atoms with Gasteiger partial charge in [-0.1, -0.05) is 0 Å². The van der Waals surface area contributed by atoms with Crippen molar-refractivity contribution in [2.45, 2.75) is 19.3 Å². The zero-order valence-corrected chi connectivity index (χ0v) is 18.3. The maximum atomic E-state index is 11.5. The van der Waals surface area contributed by atoms with Crippen LogP contribution < -0.4 is 20.1 Å². The average Bonchev–Trinajstić information content (AvgIpc) is 3.24. The maximum absolute atomic E-state index is 11.5. The summed E-state index contributed by atoms with van der Waals surface area (Å²) in [6, 6.07) is 11.9. The van der Waals surface area contributed by atoms with E-state index in [0.29, 0.717) is 18.8 Å². The number of ether oxygens (including phenoxy) is 2. The number of primary amides is 1. The Kier molecular flexibility index (Phi) is 5.90. The second-order valence-electron chi connectivity index (χ2n) is 8.55. The van der Waals surface area contributed by atoms with Crippen molar-refractivity contribution in [3.63, 3.8) is 0 Å². The summed E-state index contributed by atoms with van der Waals surface area (Å²) >= 11 is 0. The van der Waals surface area contributed by atoms with Crippen molar-refractivity contribution in [1.82, 2.24) is 9.88 Å². The molecule has 2 aliphatic heterocycles. The first-order valence-corrected chi connectivity index (χ1v) is 11.4. The van der Waals surface area contributed by atoms with Crippen molar-refractivity contribution in [2.24, 2.45) is 5.73 Å². The van der Waals surface area contributed by atoms with E-state index in [1.807, 2.05) is 18.2 Å². The Labute approximate surface area is 188 Å². The Bertz CT molecular complexity index is 1100. The lowest BCUT2D eigenvalue weighted by Crippen LogP contribution is -2.46. The number of carbonyl (C=O) groups excluding carboxylic acids is 1. The number of piperazine rings is 1. The molecule has 2 aliphatic rings. The van der Waals surface area contributed by atoms with Crippen LogP contribution >= 0.6 is 0 Å². The van der Waals surface area contributed by atoms with Gasteiger partial charge < -0.3 is 25.1 Å². The predicted molar refractivity (Wildman–Crippen MR) is 126 cm³/mol. The molecule has 0 unspecified atom stereocenters. The molecule has 5 rings (SSSR count). The normalized spacial score (nSPS) is 16.4. The third-order valence-corrected chi connectivity index (χ3v) is 6.49. The molecule has 3 heterocycles. The number of H-pyrrole nitrogens is 1. The molecule has 7 heteroatoms. The Hall–Kier alpha value is -3.19. The second kappa shape index (κ2) is 9.12. The zero-order valence-electron chi connectivity index (χ0n) is 18.3. The van der Waals surface area contributed by atoms with Crippen LogP contribution in [0.2, 0.25) is 0 Å². The fourth-order valence-corrected chi connectivity index (χ4v) is 4.65. The van der Waals surface area contributed by atoms with Crippen molar-refractivity contribution in [3.05, 3.63) is 53.7 Å². The molecule has 3 N–H and O–H groups in total. The van der Waals surface area contributed by atoms with E-state index in [1.165, 1.54) is 11.3 Å². The molecule has 0 atom stereocenters. The summed E-state index contributed by atoms with van der Waals surface area (Å²) in [6.07, 6.45) is 5.34. The zero-order chi connectivity index (χ0) is 21.9. The minimum Gasteiger partial charge on any atom is -0.486 e. The van der Waals surface area contributed by atoms with Gasteiger partial charge in [0.15, 0.2) is 11.5 Å². The molecule has 1 fully saturated rings. The fourth-order valence-electron chi connectivity index (χ4n) is 4.65. The van der Waals surface area contributed by atoms with Crippen LogP contribution in [0, 0.1) is 0 Å². The highest BCUT2D eigenvalue weighted by molar-refractivity contribution is 5.97. The fraction of sp³-hybridized carbons (Fsp3) is 0.400. The minimum absolute atomic E-state index is 0.380. The summed E-state index contributed by atoms with van der Waals surface area (Å²) in [5, 5.41) is 1.11. The molecule has 0 saturated carbocycles. The van der Waals surface area contributed by atoms with E-state index in [4.69, 9.17) is 15.2 Å². The highest BCUT2D eigenvalue weighted by Crippen LogP contribution is 2.34. The molecule has 32 heavy (non-hydrogen) atoms. The molecule has 168 valence electrons. The van der Waals surface area contributed by atoms with Crippen LogP contribution in [0.3, 0.4) is 0 Å². The number of hydrogen-bond donors (Lipinski definition) is 2. The molecule has 1 saturated heterocycles. The standard InChI is InChI=1S/C25H30N4O3/c26-25(30)18-4-6-22-21(15-18)19(17-27-22)3-1-2-8-28-9-11-29(12-10-28)20-5-7-23-24(16-20)32-14-13-31-23/h4-7,15-17,27H,1-3,8-14H2,(H2,26,30). The highest BCUT2D eigenvalue weighted by Gasteiger charge is 2.19. The van der Waals surface area contributed by atoms with Gasteiger partial charge in [-0.25, -0.2) is 0 Å². The molecule has 7 nitrogen and oxygen atoms in total. The van der Waals surface area contributed by atoms with Gasteiger partial charge >= 0.3 is 0 Å². The van der Waals surface area contributed by atoms with Gasteiger partial charge in [0.1, 0.15) is 13.2 Å². The number of amides is 1. The molecular weight excluding hydrogens is 404 g/mol. The molecule has 0 aliphatic carbocycles. The van der Waals surface area contributed by atoms with Crippen molar-refractivity contribution < 1.29 is 14.3 Å². The first-order chi connectivity index (χ1) is 15.7. The Morgan fingerprint density at radius 3 is 2.59 bits per heavy atom. The van der Waals surface area contributed by atoms with E-state index in [-0.39, 0.29) is 5.91 Å². The highest BCUT2D eigenvalue weighted by atomic mass is 16.6. The Balaban J connectivity index is 1.09. The number of rotatable bonds is 7. The maximum Gasteiger partial charge on any atom is 0.248 e. The minimum atomic E-state index is -0.380. The monoisotopic (exact) mass is 434 g/mol. The number of carbonyl (C=O) groups is 1. The second-order valence-corrected chi connectivity index (χ2v) is 8.55. The number of benzene rings is 2. The molecule has 0 bridgehead atoms. The summed E-state index contributed by atoms with van der Waals surface area (Å²) < 4.78 is 11.4. The van der Waals surface area contributed by atoms with E-state index in [9.17, 15) is 4.79 Å². The van der Waals surface area contributed by atoms with Gasteiger partial charge in [0.25, 0.3) is 0 Å². The first-order valence-electron chi connectivity index (χ1n) is 11.4. The quantitative estimate of drug-likeness (QED) is 0.558. The number of unbranched alkanes of at least 4 members (excludes halogenated alkanes) is 1. The molecule has 3 aromatic rings. The summed E-state index contributed by atoms with van der Waals surface area (Å²) in [5.74, 6) is 1.32. The third kappa shape index (κ3) is 4.39. The molecular formula is C25H30N4O3. The smallest absolute Gasteiger partial charge is 0.248 e. The number of aromatic amines is 1. The summed E-state index contributed by atoms with van der Waals surface area (Å²) in [7, 11) is 0. The van der Waals surface area contributed by atoms with Gasteiger partial charge in [-0.2, -0.15) is 0 Å². The lowest BCUT2D eigenvalue weighted by atomic mass is 10.0. The van der Waals surface area contributed by atoms with Gasteiger partial charge in [0.05, 0.1) is 0 Å². The largest absolute Gasteiger partial charge is 0.486 e. The number of aromatic nitrogens is 1. The van der Waals surface area contributed by atoms with Gasteiger partial charge in [-0.15, -0.1) is 0 Å². The van der Waals surface area contributed by atoms with E-state index in [0.717, 1.165) is 74.4 Å². The number of nitrogens with two attached hydrogens (primary N) is 1. The van der Waals surface area contributed by atoms with E-state index >= 15 is 0 Å². The number of nitrogens with one attached hydrogen (secondary N) is 1. The molecule has 1 aromatic heterocycles. The number of fused-ring (bicyclic) bond motifs is 2. The van der Waals surface area contributed by atoms with Crippen LogP contribution in [0.4, 0.5) is 5.69 Å². The summed E-state index contributed by atoms with van der Waals surface area (Å²) in [5.41, 5.74) is 9.52. The topological polar surface area (TPSA) is 83.8 Å². The molecule has 1 amide bonds. The number of hydrogen-bond acceptors (Lipinski definition) is 5. The van der Waals surface area contributed by atoms with Gasteiger partial charge in [-0.3, -0.25) is 9.69 Å². The summed E-state index contributed by atoms with van der Waals surface area (Å²) in [6.45, 7) is 6.56. The lowest BCUT2D eigenvalue weighted by Gasteiger charge is -2.36. The Morgan fingerprint density at radius 2 is 1.78 bits per heavy atom. The van der Waals surface area contributed by atoms with E-state index < -0.39 is 0 Å². The van der Waals surface area contributed by atoms with Crippen LogP contribution in [0.1, 0.15) is 28.8 Å². The summed E-state index contributed by atoms with van der Waals surface area (Å²) in [4.78, 5) is 19.8. The van der Waals surface area contributed by atoms with E-state index in [2.05, 4.69) is 33.1 Å². The van der Waals surface area contributed by atoms with Crippen molar-refractivity contribution in [2.75, 3.05) is 50.8 Å². The van der Waals surface area contributed by atoms with Gasteiger partial charge in [0, 0.05) is 60.6 Å². The van der Waals surface area contributed by atoms with Gasteiger partial charge in [-0.05, 0) is 61.7 Å². The van der Waals surface area contributed by atoms with Crippen LogP contribution in [0.15, 0.2) is 42.6 Å². The van der Waals surface area contributed by atoms with Crippen molar-refractivity contribution in [3.8, 4) is 11.5 Å². The Morgan fingerprint density at radius 1 is 0.969 bits per heavy atom.